The summed E-state index contributed by atoms with van der Waals surface area (Å²) in [5.41, 5.74) is 5.18. The molecule has 0 aromatic heterocycles. The van der Waals surface area contributed by atoms with Crippen LogP contribution < -0.4 is 10.2 Å². The third-order valence-electron chi connectivity index (χ3n) is 6.06. The van der Waals surface area contributed by atoms with E-state index in [0.29, 0.717) is 5.91 Å². The number of piperazine rings is 1. The summed E-state index contributed by atoms with van der Waals surface area (Å²) in [5.74, 6) is 0.657. The molecule has 0 saturated carbocycles. The molecule has 2 fully saturated rings. The van der Waals surface area contributed by atoms with Crippen molar-refractivity contribution in [3.63, 3.8) is 0 Å². The van der Waals surface area contributed by atoms with Crippen molar-refractivity contribution in [2.75, 3.05) is 44.2 Å². The van der Waals surface area contributed by atoms with Crippen LogP contribution in [-0.2, 0) is 4.79 Å². The quantitative estimate of drug-likeness (QED) is 0.911. The molecular weight excluding hydrogens is 334 g/mol. The average Bonchev–Trinajstić information content (AvgIpc) is 3.20. The zero-order valence-corrected chi connectivity index (χ0v) is 16.3. The van der Waals surface area contributed by atoms with Crippen molar-refractivity contribution >= 4 is 11.6 Å². The number of benzene rings is 2. The van der Waals surface area contributed by atoms with Gasteiger partial charge in [0.15, 0.2) is 0 Å². The first-order valence-electron chi connectivity index (χ1n) is 10.00. The number of anilines is 1. The van der Waals surface area contributed by atoms with Gasteiger partial charge in [-0.05, 0) is 36.6 Å². The van der Waals surface area contributed by atoms with Gasteiger partial charge in [-0.1, -0.05) is 42.5 Å². The van der Waals surface area contributed by atoms with E-state index in [-0.39, 0.29) is 11.8 Å². The Kier molecular flexibility index (Phi) is 5.17. The lowest BCUT2D eigenvalue weighted by molar-refractivity contribution is -0.135. The van der Waals surface area contributed by atoms with Gasteiger partial charge < -0.3 is 15.1 Å². The number of carbonyl (C=O) groups excluding carboxylic acids is 1. The van der Waals surface area contributed by atoms with Crippen LogP contribution in [0, 0.1) is 19.8 Å². The summed E-state index contributed by atoms with van der Waals surface area (Å²) in [5, 5.41) is 3.43. The maximum Gasteiger partial charge on any atom is 0.227 e. The Morgan fingerprint density at radius 3 is 2.44 bits per heavy atom. The Balaban J connectivity index is 1.42. The molecule has 0 unspecified atom stereocenters. The molecule has 2 heterocycles. The molecule has 142 valence electrons. The Morgan fingerprint density at radius 1 is 0.963 bits per heavy atom. The fourth-order valence-electron chi connectivity index (χ4n) is 4.45. The van der Waals surface area contributed by atoms with E-state index in [0.717, 1.165) is 39.3 Å². The van der Waals surface area contributed by atoms with Gasteiger partial charge in [-0.25, -0.2) is 0 Å². The van der Waals surface area contributed by atoms with Crippen molar-refractivity contribution in [2.24, 2.45) is 5.92 Å². The lowest BCUT2D eigenvalue weighted by Gasteiger charge is -2.38. The van der Waals surface area contributed by atoms with Crippen LogP contribution in [0.5, 0.6) is 0 Å². The van der Waals surface area contributed by atoms with E-state index < -0.39 is 0 Å². The van der Waals surface area contributed by atoms with Crippen molar-refractivity contribution in [2.45, 2.75) is 19.8 Å². The largest absolute Gasteiger partial charge is 0.368 e. The normalized spacial score (nSPS) is 22.9. The fourth-order valence-corrected chi connectivity index (χ4v) is 4.45. The molecule has 2 aliphatic heterocycles. The van der Waals surface area contributed by atoms with Crippen LogP contribution in [0.25, 0.3) is 0 Å². The molecule has 0 radical (unpaired) electrons. The number of carbonyl (C=O) groups is 1. The average molecular weight is 364 g/mol. The van der Waals surface area contributed by atoms with Gasteiger partial charge in [0.2, 0.25) is 5.91 Å². The molecule has 4 rings (SSSR count). The lowest BCUT2D eigenvalue weighted by Crippen LogP contribution is -2.51. The molecule has 2 atom stereocenters. The van der Waals surface area contributed by atoms with Crippen LogP contribution in [-0.4, -0.2) is 50.1 Å². The summed E-state index contributed by atoms with van der Waals surface area (Å²) >= 11 is 0. The Hall–Kier alpha value is -2.33. The Bertz CT molecular complexity index is 797. The first-order chi connectivity index (χ1) is 13.1. The second kappa shape index (κ2) is 7.73. The van der Waals surface area contributed by atoms with E-state index in [1.165, 1.54) is 22.4 Å². The number of aryl methyl sites for hydroxylation is 2. The zero-order chi connectivity index (χ0) is 18.8. The summed E-state index contributed by atoms with van der Waals surface area (Å²) in [4.78, 5) is 17.7. The van der Waals surface area contributed by atoms with E-state index in [1.807, 2.05) is 6.07 Å². The van der Waals surface area contributed by atoms with E-state index >= 15 is 0 Å². The molecule has 4 nitrogen and oxygen atoms in total. The molecule has 1 N–H and O–H groups in total. The maximum absolute atomic E-state index is 13.2. The van der Waals surface area contributed by atoms with Crippen molar-refractivity contribution in [1.29, 1.82) is 0 Å². The van der Waals surface area contributed by atoms with E-state index in [4.69, 9.17) is 0 Å². The highest BCUT2D eigenvalue weighted by atomic mass is 16.2. The standard InChI is InChI=1S/C23H29N3O/c1-17-8-9-18(2)22(14-17)25-10-12-26(13-11-25)23(27)21-16-24-15-20(21)19-6-4-3-5-7-19/h3-9,14,20-21,24H,10-13,15-16H2,1-2H3/t20-,21-/m0/s1. The molecule has 0 spiro atoms. The van der Waals surface area contributed by atoms with Crippen LogP contribution in [0.3, 0.4) is 0 Å². The Morgan fingerprint density at radius 2 is 1.70 bits per heavy atom. The van der Waals surface area contributed by atoms with Crippen LogP contribution >= 0.6 is 0 Å². The SMILES string of the molecule is Cc1ccc(C)c(N2CCN(C(=O)[C@H]3CNC[C@H]3c3ccccc3)CC2)c1. The number of amides is 1. The van der Waals surface area contributed by atoms with Crippen molar-refractivity contribution in [3.8, 4) is 0 Å². The third kappa shape index (κ3) is 3.72. The molecule has 2 aromatic carbocycles. The van der Waals surface area contributed by atoms with Crippen molar-refractivity contribution in [3.05, 3.63) is 65.2 Å². The predicted molar refractivity (Wildman–Crippen MR) is 110 cm³/mol. The molecule has 2 aliphatic rings. The molecule has 0 bridgehead atoms. The van der Waals surface area contributed by atoms with Gasteiger partial charge in [0.05, 0.1) is 5.92 Å². The van der Waals surface area contributed by atoms with Gasteiger partial charge in [-0.15, -0.1) is 0 Å². The van der Waals surface area contributed by atoms with Crippen LogP contribution in [0.4, 0.5) is 5.69 Å². The smallest absolute Gasteiger partial charge is 0.227 e. The Labute approximate surface area is 162 Å². The molecule has 2 aromatic rings. The van der Waals surface area contributed by atoms with Crippen LogP contribution in [0.1, 0.15) is 22.6 Å². The highest BCUT2D eigenvalue weighted by molar-refractivity contribution is 5.81. The van der Waals surface area contributed by atoms with Gasteiger partial charge >= 0.3 is 0 Å². The highest BCUT2D eigenvalue weighted by Crippen LogP contribution is 2.30. The van der Waals surface area contributed by atoms with Gasteiger partial charge in [-0.2, -0.15) is 0 Å². The molecule has 2 saturated heterocycles. The number of hydrogen-bond acceptors (Lipinski definition) is 3. The number of nitrogens with zero attached hydrogens (tertiary/aromatic N) is 2. The third-order valence-corrected chi connectivity index (χ3v) is 6.06. The topological polar surface area (TPSA) is 35.6 Å². The van der Waals surface area contributed by atoms with E-state index in [9.17, 15) is 4.79 Å². The monoisotopic (exact) mass is 363 g/mol. The summed E-state index contributed by atoms with van der Waals surface area (Å²) in [6, 6.07) is 17.1. The second-order valence-electron chi connectivity index (χ2n) is 7.88. The number of nitrogens with one attached hydrogen (secondary N) is 1. The van der Waals surface area contributed by atoms with Crippen molar-refractivity contribution in [1.82, 2.24) is 10.2 Å². The predicted octanol–water partition coefficient (Wildman–Crippen LogP) is 2.96. The van der Waals surface area contributed by atoms with Crippen LogP contribution in [0.15, 0.2) is 48.5 Å². The van der Waals surface area contributed by atoms with Gasteiger partial charge in [0, 0.05) is 50.9 Å². The maximum atomic E-state index is 13.2. The first-order valence-corrected chi connectivity index (χ1v) is 10.00. The molecular formula is C23H29N3O. The first kappa shape index (κ1) is 18.1. The second-order valence-corrected chi connectivity index (χ2v) is 7.88. The molecule has 27 heavy (non-hydrogen) atoms. The molecule has 0 aliphatic carbocycles. The minimum Gasteiger partial charge on any atom is -0.368 e. The summed E-state index contributed by atoms with van der Waals surface area (Å²) < 4.78 is 0. The van der Waals surface area contributed by atoms with Crippen LogP contribution in [0.2, 0.25) is 0 Å². The summed E-state index contributed by atoms with van der Waals surface area (Å²) in [6.07, 6.45) is 0. The zero-order valence-electron chi connectivity index (χ0n) is 16.3. The van der Waals surface area contributed by atoms with E-state index in [1.54, 1.807) is 0 Å². The number of rotatable bonds is 3. The van der Waals surface area contributed by atoms with Gasteiger partial charge in [0.1, 0.15) is 0 Å². The number of hydrogen-bond donors (Lipinski definition) is 1. The minimum atomic E-state index is 0.0552. The van der Waals surface area contributed by atoms with Gasteiger partial charge in [0.25, 0.3) is 0 Å². The van der Waals surface area contributed by atoms with E-state index in [2.05, 4.69) is 71.4 Å². The summed E-state index contributed by atoms with van der Waals surface area (Å²) in [7, 11) is 0. The van der Waals surface area contributed by atoms with Gasteiger partial charge in [-0.3, -0.25) is 4.79 Å². The fraction of sp³-hybridized carbons (Fsp3) is 0.435. The lowest BCUT2D eigenvalue weighted by atomic mass is 9.88. The highest BCUT2D eigenvalue weighted by Gasteiger charge is 2.37. The molecule has 4 heteroatoms. The summed E-state index contributed by atoms with van der Waals surface area (Å²) in [6.45, 7) is 9.42. The molecule has 1 amide bonds. The van der Waals surface area contributed by atoms with Crippen molar-refractivity contribution < 1.29 is 4.79 Å². The minimum absolute atomic E-state index is 0.0552.